The molecule has 0 atom stereocenters. The van der Waals surface area contributed by atoms with Gasteiger partial charge in [0.25, 0.3) is 5.56 Å². The van der Waals surface area contributed by atoms with E-state index in [2.05, 4.69) is 25.8 Å². The third-order valence-electron chi connectivity index (χ3n) is 4.15. The summed E-state index contributed by atoms with van der Waals surface area (Å²) in [6.45, 7) is 1.25. The summed E-state index contributed by atoms with van der Waals surface area (Å²) in [6.07, 6.45) is 0. The van der Waals surface area contributed by atoms with E-state index in [0.29, 0.717) is 25.2 Å². The lowest BCUT2D eigenvalue weighted by Gasteiger charge is -2.11. The van der Waals surface area contributed by atoms with Crippen molar-refractivity contribution in [3.63, 3.8) is 0 Å². The van der Waals surface area contributed by atoms with Crippen LogP contribution >= 0.6 is 0 Å². The Morgan fingerprint density at radius 2 is 1.90 bits per heavy atom. The zero-order valence-electron chi connectivity index (χ0n) is 15.5. The Balaban J connectivity index is 1.96. The molecule has 1 aromatic carbocycles. The topological polar surface area (TPSA) is 127 Å². The van der Waals surface area contributed by atoms with Crippen molar-refractivity contribution in [1.82, 2.24) is 29.6 Å². The summed E-state index contributed by atoms with van der Waals surface area (Å²) >= 11 is 0. The smallest absolute Gasteiger partial charge is 0.332 e. The number of hydrogen-bond donors (Lipinski definition) is 3. The van der Waals surface area contributed by atoms with Gasteiger partial charge in [0.1, 0.15) is 0 Å². The summed E-state index contributed by atoms with van der Waals surface area (Å²) in [5, 5.41) is 22.4. The van der Waals surface area contributed by atoms with Gasteiger partial charge in [-0.25, -0.2) is 18.6 Å². The highest BCUT2D eigenvalue weighted by molar-refractivity contribution is 5.69. The van der Waals surface area contributed by atoms with Crippen molar-refractivity contribution >= 4 is 17.1 Å². The van der Waals surface area contributed by atoms with Crippen LogP contribution in [-0.4, -0.2) is 55.7 Å². The summed E-state index contributed by atoms with van der Waals surface area (Å²) in [5.74, 6) is -1.95. The molecular formula is C17H19F2N7O3. The first-order chi connectivity index (χ1) is 13.9. The number of hydrogen-bond acceptors (Lipinski definition) is 8. The second-order valence-electron chi connectivity index (χ2n) is 6.19. The Morgan fingerprint density at radius 3 is 2.62 bits per heavy atom. The molecule has 0 bridgehead atoms. The van der Waals surface area contributed by atoms with Crippen LogP contribution in [0, 0.1) is 11.6 Å². The van der Waals surface area contributed by atoms with Gasteiger partial charge in [-0.3, -0.25) is 13.9 Å². The molecule has 29 heavy (non-hydrogen) atoms. The van der Waals surface area contributed by atoms with Gasteiger partial charge in [0, 0.05) is 26.7 Å². The Hall–Kier alpha value is -3.25. The summed E-state index contributed by atoms with van der Waals surface area (Å²) in [4.78, 5) is 29.1. The monoisotopic (exact) mass is 407 g/mol. The van der Waals surface area contributed by atoms with Crippen LogP contribution in [0.15, 0.2) is 27.8 Å². The normalized spacial score (nSPS) is 11.2. The molecular weight excluding hydrogens is 388 g/mol. The number of fused-ring (bicyclic) bond motifs is 1. The fraction of sp³-hybridized carbons (Fsp3) is 0.353. The minimum Gasteiger partial charge on any atom is -0.395 e. The molecule has 3 aromatic rings. The van der Waals surface area contributed by atoms with E-state index in [9.17, 15) is 18.4 Å². The average Bonchev–Trinajstić information content (AvgIpc) is 2.72. The van der Waals surface area contributed by atoms with Gasteiger partial charge in [0.05, 0.1) is 13.2 Å². The van der Waals surface area contributed by atoms with Crippen LogP contribution in [0.5, 0.6) is 0 Å². The number of nitrogens with zero attached hydrogens (tertiary/aromatic N) is 5. The molecule has 10 nitrogen and oxygen atoms in total. The Labute approximate surface area is 162 Å². The highest BCUT2D eigenvalue weighted by Gasteiger charge is 2.16. The molecule has 0 spiro atoms. The summed E-state index contributed by atoms with van der Waals surface area (Å²) in [7, 11) is 1.29. The zero-order valence-corrected chi connectivity index (χ0v) is 15.5. The van der Waals surface area contributed by atoms with Crippen LogP contribution in [0.4, 0.5) is 14.7 Å². The van der Waals surface area contributed by atoms with Crippen molar-refractivity contribution in [3.8, 4) is 0 Å². The maximum Gasteiger partial charge on any atom is 0.332 e. The predicted octanol–water partition coefficient (Wildman–Crippen LogP) is -0.794. The van der Waals surface area contributed by atoms with E-state index in [0.717, 1.165) is 21.3 Å². The molecule has 3 N–H and O–H groups in total. The van der Waals surface area contributed by atoms with E-state index in [4.69, 9.17) is 5.11 Å². The maximum absolute atomic E-state index is 13.5. The van der Waals surface area contributed by atoms with Gasteiger partial charge in [-0.2, -0.15) is 0 Å². The molecule has 0 unspecified atom stereocenters. The fourth-order valence-corrected chi connectivity index (χ4v) is 2.67. The molecule has 3 rings (SSSR count). The number of nitrogens with one attached hydrogen (secondary N) is 2. The summed E-state index contributed by atoms with van der Waals surface area (Å²) in [6, 6.07) is 3.25. The lowest BCUT2D eigenvalue weighted by molar-refractivity contribution is 0.293. The van der Waals surface area contributed by atoms with Gasteiger partial charge >= 0.3 is 5.69 Å². The zero-order chi connectivity index (χ0) is 21.0. The highest BCUT2D eigenvalue weighted by Crippen LogP contribution is 2.11. The first kappa shape index (κ1) is 20.5. The molecule has 12 heteroatoms. The first-order valence-corrected chi connectivity index (χ1v) is 8.76. The molecule has 0 aliphatic rings. The van der Waals surface area contributed by atoms with Crippen molar-refractivity contribution in [2.45, 2.75) is 6.54 Å². The molecule has 0 radical (unpaired) electrons. The van der Waals surface area contributed by atoms with E-state index in [1.54, 1.807) is 0 Å². The Kier molecular flexibility index (Phi) is 6.24. The number of aliphatic hydroxyl groups excluding tert-OH is 1. The lowest BCUT2D eigenvalue weighted by atomic mass is 10.2. The molecule has 2 heterocycles. The Bertz CT molecular complexity index is 1150. The van der Waals surface area contributed by atoms with Crippen LogP contribution in [0.2, 0.25) is 0 Å². The van der Waals surface area contributed by atoms with Crippen LogP contribution in [0.25, 0.3) is 11.2 Å². The standard InChI is InChI=1S/C17H19F2N7O3/c1-25-15(28)13-14(23-24-16(22-13)21-5-4-20-6-7-27)26(17(25)29)9-10-2-3-11(18)12(19)8-10/h2-3,8,20,27H,4-7,9H2,1H3,(H,21,22,24). The molecule has 0 saturated heterocycles. The minimum atomic E-state index is -1.05. The van der Waals surface area contributed by atoms with E-state index >= 15 is 0 Å². The van der Waals surface area contributed by atoms with Crippen molar-refractivity contribution in [1.29, 1.82) is 0 Å². The number of aromatic nitrogens is 5. The second-order valence-corrected chi connectivity index (χ2v) is 6.19. The number of benzene rings is 1. The molecule has 0 amide bonds. The molecule has 2 aromatic heterocycles. The molecule has 0 fully saturated rings. The van der Waals surface area contributed by atoms with E-state index in [1.807, 2.05) is 0 Å². The molecule has 154 valence electrons. The van der Waals surface area contributed by atoms with E-state index in [-0.39, 0.29) is 30.3 Å². The number of anilines is 1. The van der Waals surface area contributed by atoms with Crippen LogP contribution in [-0.2, 0) is 13.6 Å². The predicted molar refractivity (Wildman–Crippen MR) is 101 cm³/mol. The summed E-state index contributed by atoms with van der Waals surface area (Å²) in [5.41, 5.74) is -1.17. The van der Waals surface area contributed by atoms with Crippen LogP contribution < -0.4 is 21.9 Å². The Morgan fingerprint density at radius 1 is 1.10 bits per heavy atom. The van der Waals surface area contributed by atoms with Gasteiger partial charge in [0.2, 0.25) is 5.95 Å². The quantitative estimate of drug-likeness (QED) is 0.415. The number of halogens is 2. The average molecular weight is 407 g/mol. The largest absolute Gasteiger partial charge is 0.395 e. The molecule has 0 aliphatic heterocycles. The van der Waals surface area contributed by atoms with Crippen molar-refractivity contribution < 1.29 is 13.9 Å². The second kappa shape index (κ2) is 8.84. The maximum atomic E-state index is 13.5. The number of aliphatic hydroxyl groups is 1. The van der Waals surface area contributed by atoms with E-state index < -0.39 is 22.9 Å². The first-order valence-electron chi connectivity index (χ1n) is 8.76. The van der Waals surface area contributed by atoms with Gasteiger partial charge < -0.3 is 15.7 Å². The van der Waals surface area contributed by atoms with Gasteiger partial charge in [-0.05, 0) is 17.7 Å². The van der Waals surface area contributed by atoms with Crippen molar-refractivity contribution in [2.24, 2.45) is 7.05 Å². The van der Waals surface area contributed by atoms with Crippen molar-refractivity contribution in [2.75, 3.05) is 31.6 Å². The van der Waals surface area contributed by atoms with Gasteiger partial charge in [0.15, 0.2) is 22.8 Å². The fourth-order valence-electron chi connectivity index (χ4n) is 2.67. The highest BCUT2D eigenvalue weighted by atomic mass is 19.2. The minimum absolute atomic E-state index is 0.0134. The third kappa shape index (κ3) is 4.43. The van der Waals surface area contributed by atoms with E-state index in [1.165, 1.54) is 13.1 Å². The molecule has 0 aliphatic carbocycles. The molecule has 0 saturated carbocycles. The summed E-state index contributed by atoms with van der Waals surface area (Å²) < 4.78 is 28.6. The number of rotatable bonds is 8. The van der Waals surface area contributed by atoms with Crippen molar-refractivity contribution in [3.05, 3.63) is 56.2 Å². The third-order valence-corrected chi connectivity index (χ3v) is 4.15. The lowest BCUT2D eigenvalue weighted by Crippen LogP contribution is -2.39. The SMILES string of the molecule is Cn1c(=O)c2nc(NCCNCCO)nnc2n(Cc2ccc(F)c(F)c2)c1=O. The van der Waals surface area contributed by atoms with Gasteiger partial charge in [-0.1, -0.05) is 6.07 Å². The van der Waals surface area contributed by atoms with Crippen LogP contribution in [0.1, 0.15) is 5.56 Å². The van der Waals surface area contributed by atoms with Crippen LogP contribution in [0.3, 0.4) is 0 Å². The van der Waals surface area contributed by atoms with Gasteiger partial charge in [-0.15, -0.1) is 10.2 Å².